The largest absolute Gasteiger partial charge is 0.123 e. The Morgan fingerprint density at radius 2 is 1.87 bits per heavy atom. The first-order valence-electron chi connectivity index (χ1n) is 5.61. The van der Waals surface area contributed by atoms with Crippen molar-refractivity contribution in [2.45, 2.75) is 44.4 Å². The first-order chi connectivity index (χ1) is 7.22. The Hall–Kier alpha value is -0.0100. The third-order valence-corrected chi connectivity index (χ3v) is 3.39. The Labute approximate surface area is 106 Å². The smallest absolute Gasteiger partial charge is 0.0376 e. The lowest BCUT2D eigenvalue weighted by molar-refractivity contribution is 0.638. The summed E-state index contributed by atoms with van der Waals surface area (Å²) in [6.07, 6.45) is 5.93. The first-order valence-corrected chi connectivity index (χ1v) is 6.84. The molecule has 1 aromatic rings. The van der Waals surface area contributed by atoms with Crippen LogP contribution in [0.5, 0.6) is 0 Å². The highest BCUT2D eigenvalue weighted by Crippen LogP contribution is 2.17. The maximum Gasteiger partial charge on any atom is 0.0376 e. The monoisotopic (exact) mass is 288 g/mol. The fourth-order valence-electron chi connectivity index (χ4n) is 1.59. The Bertz CT molecular complexity index is 268. The van der Waals surface area contributed by atoms with Gasteiger partial charge in [0.05, 0.1) is 0 Å². The van der Waals surface area contributed by atoms with Crippen LogP contribution in [0.1, 0.15) is 38.2 Å². The summed E-state index contributed by atoms with van der Waals surface area (Å²) in [4.78, 5) is 0. The highest BCUT2D eigenvalue weighted by Gasteiger charge is 2.05. The van der Waals surface area contributed by atoms with Gasteiger partial charge in [-0.1, -0.05) is 54.2 Å². The van der Waals surface area contributed by atoms with Crippen LogP contribution in [0, 0.1) is 0 Å². The molecule has 0 saturated carbocycles. The number of unbranched alkanes of at least 4 members (excludes halogenated alkanes) is 2. The van der Waals surface area contributed by atoms with Gasteiger partial charge in [0.25, 0.3) is 0 Å². The fourth-order valence-corrected chi connectivity index (χ4v) is 2.19. The van der Waals surface area contributed by atoms with Crippen molar-refractivity contribution in [1.82, 2.24) is 0 Å². The van der Waals surface area contributed by atoms with Crippen LogP contribution < -0.4 is 0 Å². The number of hydrogen-bond acceptors (Lipinski definition) is 0. The molecule has 0 aliphatic heterocycles. The van der Waals surface area contributed by atoms with Gasteiger partial charge in [0.15, 0.2) is 0 Å². The van der Waals surface area contributed by atoms with E-state index in [0.717, 1.165) is 17.3 Å². The zero-order valence-corrected chi connectivity index (χ0v) is 11.5. The molecule has 0 radical (unpaired) electrons. The van der Waals surface area contributed by atoms with Crippen molar-refractivity contribution in [2.75, 3.05) is 0 Å². The van der Waals surface area contributed by atoms with E-state index in [4.69, 9.17) is 11.6 Å². The molecule has 0 aliphatic carbocycles. The lowest BCUT2D eigenvalue weighted by Gasteiger charge is -2.08. The van der Waals surface area contributed by atoms with E-state index in [-0.39, 0.29) is 5.38 Å². The summed E-state index contributed by atoms with van der Waals surface area (Å²) in [6.45, 7) is 2.22. The van der Waals surface area contributed by atoms with E-state index >= 15 is 0 Å². The standard InChI is InChI=1S/C13H18BrCl/c1-2-3-4-5-13(15)10-11-6-8-12(14)9-7-11/h6-9,13H,2-5,10H2,1H3. The molecule has 2 heteroatoms. The molecule has 1 aromatic carbocycles. The Balaban J connectivity index is 2.31. The van der Waals surface area contributed by atoms with Crippen LogP contribution in [0.2, 0.25) is 0 Å². The van der Waals surface area contributed by atoms with Crippen molar-refractivity contribution in [2.24, 2.45) is 0 Å². The molecule has 0 N–H and O–H groups in total. The highest BCUT2D eigenvalue weighted by atomic mass is 79.9. The molecule has 0 aromatic heterocycles. The van der Waals surface area contributed by atoms with Crippen LogP contribution in [0.15, 0.2) is 28.7 Å². The van der Waals surface area contributed by atoms with Crippen LogP contribution in [-0.2, 0) is 6.42 Å². The van der Waals surface area contributed by atoms with E-state index in [2.05, 4.69) is 47.1 Å². The molecule has 1 atom stereocenters. The third kappa shape index (κ3) is 5.58. The summed E-state index contributed by atoms with van der Waals surface area (Å²) in [5, 5.41) is 0.290. The molecule has 1 unspecified atom stereocenters. The molecule has 0 fully saturated rings. The van der Waals surface area contributed by atoms with Gasteiger partial charge in [-0.2, -0.15) is 0 Å². The van der Waals surface area contributed by atoms with E-state index < -0.39 is 0 Å². The Kier molecular flexibility index (Phi) is 6.35. The zero-order valence-electron chi connectivity index (χ0n) is 9.18. The SMILES string of the molecule is CCCCCC(Cl)Cc1ccc(Br)cc1. The van der Waals surface area contributed by atoms with Crippen molar-refractivity contribution in [3.63, 3.8) is 0 Å². The van der Waals surface area contributed by atoms with Crippen molar-refractivity contribution in [3.05, 3.63) is 34.3 Å². The highest BCUT2D eigenvalue weighted by molar-refractivity contribution is 9.10. The molecule has 0 amide bonds. The Morgan fingerprint density at radius 3 is 2.47 bits per heavy atom. The van der Waals surface area contributed by atoms with Gasteiger partial charge in [0, 0.05) is 9.85 Å². The topological polar surface area (TPSA) is 0 Å². The summed E-state index contributed by atoms with van der Waals surface area (Å²) in [5.41, 5.74) is 1.33. The molecule has 84 valence electrons. The van der Waals surface area contributed by atoms with Gasteiger partial charge in [0.1, 0.15) is 0 Å². The van der Waals surface area contributed by atoms with Gasteiger partial charge < -0.3 is 0 Å². The van der Waals surface area contributed by atoms with Crippen LogP contribution in [-0.4, -0.2) is 5.38 Å². The van der Waals surface area contributed by atoms with Gasteiger partial charge in [-0.3, -0.25) is 0 Å². The average Bonchev–Trinajstić information content (AvgIpc) is 2.22. The van der Waals surface area contributed by atoms with Crippen molar-refractivity contribution in [1.29, 1.82) is 0 Å². The van der Waals surface area contributed by atoms with Crippen LogP contribution in [0.4, 0.5) is 0 Å². The minimum atomic E-state index is 0.290. The second-order valence-electron chi connectivity index (χ2n) is 3.92. The number of rotatable bonds is 6. The summed E-state index contributed by atoms with van der Waals surface area (Å²) >= 11 is 9.71. The molecular formula is C13H18BrCl. The normalized spacial score (nSPS) is 12.7. The number of hydrogen-bond donors (Lipinski definition) is 0. The minimum Gasteiger partial charge on any atom is -0.123 e. The van der Waals surface area contributed by atoms with Gasteiger partial charge in [0.2, 0.25) is 0 Å². The van der Waals surface area contributed by atoms with Crippen LogP contribution >= 0.6 is 27.5 Å². The van der Waals surface area contributed by atoms with Crippen molar-refractivity contribution >= 4 is 27.5 Å². The summed E-state index contributed by atoms with van der Waals surface area (Å²) in [7, 11) is 0. The third-order valence-electron chi connectivity index (χ3n) is 2.49. The molecule has 0 aliphatic rings. The van der Waals surface area contributed by atoms with Gasteiger partial charge in [-0.15, -0.1) is 11.6 Å². The molecule has 1 rings (SSSR count). The maximum atomic E-state index is 6.28. The van der Waals surface area contributed by atoms with Crippen molar-refractivity contribution in [3.8, 4) is 0 Å². The summed E-state index contributed by atoms with van der Waals surface area (Å²) < 4.78 is 1.13. The van der Waals surface area contributed by atoms with Gasteiger partial charge >= 0.3 is 0 Å². The van der Waals surface area contributed by atoms with Gasteiger partial charge in [-0.25, -0.2) is 0 Å². The van der Waals surface area contributed by atoms with E-state index in [9.17, 15) is 0 Å². The molecule has 0 spiro atoms. The lowest BCUT2D eigenvalue weighted by atomic mass is 10.1. The summed E-state index contributed by atoms with van der Waals surface area (Å²) in [5.74, 6) is 0. The Morgan fingerprint density at radius 1 is 1.20 bits per heavy atom. The maximum absolute atomic E-state index is 6.28. The molecule has 0 bridgehead atoms. The van der Waals surface area contributed by atoms with E-state index in [1.165, 1.54) is 24.8 Å². The minimum absolute atomic E-state index is 0.290. The number of halogens is 2. The van der Waals surface area contributed by atoms with Gasteiger partial charge in [-0.05, 0) is 30.5 Å². The fraction of sp³-hybridized carbons (Fsp3) is 0.538. The lowest BCUT2D eigenvalue weighted by Crippen LogP contribution is -2.03. The second kappa shape index (κ2) is 7.29. The molecule has 15 heavy (non-hydrogen) atoms. The average molecular weight is 290 g/mol. The van der Waals surface area contributed by atoms with E-state index in [0.29, 0.717) is 0 Å². The second-order valence-corrected chi connectivity index (χ2v) is 5.46. The molecule has 0 saturated heterocycles. The quantitative estimate of drug-likeness (QED) is 0.500. The number of benzene rings is 1. The van der Waals surface area contributed by atoms with Crippen LogP contribution in [0.3, 0.4) is 0 Å². The predicted octanol–water partition coefficient (Wildman–Crippen LogP) is 5.18. The zero-order chi connectivity index (χ0) is 11.1. The molecule has 0 nitrogen and oxygen atoms in total. The molecule has 0 heterocycles. The molecular weight excluding hydrogens is 272 g/mol. The van der Waals surface area contributed by atoms with E-state index in [1.54, 1.807) is 0 Å². The van der Waals surface area contributed by atoms with Crippen molar-refractivity contribution < 1.29 is 0 Å². The first kappa shape index (κ1) is 13.1. The van der Waals surface area contributed by atoms with E-state index in [1.807, 2.05) is 0 Å². The number of alkyl halides is 1. The van der Waals surface area contributed by atoms with Crippen LogP contribution in [0.25, 0.3) is 0 Å². The predicted molar refractivity (Wildman–Crippen MR) is 71.6 cm³/mol. The summed E-state index contributed by atoms with van der Waals surface area (Å²) in [6, 6.07) is 8.43.